The van der Waals surface area contributed by atoms with Gasteiger partial charge in [-0.15, -0.1) is 0 Å². The first-order chi connectivity index (χ1) is 52.2. The van der Waals surface area contributed by atoms with Crippen molar-refractivity contribution in [1.82, 2.24) is 36.8 Å². The molecule has 8 heterocycles. The molecule has 3 fully saturated rings. The Balaban J connectivity index is 1.18. The van der Waals surface area contributed by atoms with E-state index in [1.54, 1.807) is 19.0 Å². The maximum Gasteiger partial charge on any atom is 0.330 e. The lowest BCUT2D eigenvalue weighted by Crippen LogP contribution is -2.64. The van der Waals surface area contributed by atoms with Crippen molar-refractivity contribution in [2.24, 2.45) is 23.1 Å². The van der Waals surface area contributed by atoms with Gasteiger partial charge >= 0.3 is 5.97 Å². The molecule has 8 aliphatic rings. The number of rotatable bonds is 15. The van der Waals surface area contributed by atoms with E-state index in [4.69, 9.17) is 66.7 Å². The van der Waals surface area contributed by atoms with Crippen molar-refractivity contribution in [1.29, 1.82) is 0 Å². The summed E-state index contributed by atoms with van der Waals surface area (Å²) >= 11 is 7.35. The predicted molar refractivity (Wildman–Crippen MR) is 385 cm³/mol. The molecular formula is C74H91ClN10O26. The molecule has 5 aromatic rings. The smallest absolute Gasteiger partial charge is 0.330 e. The number of amides is 7. The number of ether oxygens (including phenoxy) is 8. The van der Waals surface area contributed by atoms with Crippen LogP contribution in [0.1, 0.15) is 125 Å². The van der Waals surface area contributed by atoms with Gasteiger partial charge in [-0.1, -0.05) is 49.7 Å². The molecule has 111 heavy (non-hydrogen) atoms. The molecule has 22 atom stereocenters. The quantitative estimate of drug-likeness (QED) is 0.0657. The summed E-state index contributed by atoms with van der Waals surface area (Å²) in [5.41, 5.74) is 13.6. The topological polar surface area (TPSA) is 566 Å². The van der Waals surface area contributed by atoms with Crippen LogP contribution in [0.2, 0.25) is 5.02 Å². The minimum Gasteiger partial charge on any atom is -0.508 e. The molecule has 8 aliphatic heterocycles. The maximum atomic E-state index is 16.4. The molecule has 5 aromatic carbocycles. The van der Waals surface area contributed by atoms with E-state index in [2.05, 4.69) is 31.9 Å². The largest absolute Gasteiger partial charge is 0.508 e. The van der Waals surface area contributed by atoms with Crippen LogP contribution in [-0.4, -0.2) is 227 Å². The SMILES string of the molecule is CC(C)C[C@@H](C(=O)N[C@H]1C(=O)N[C@H](CC(N)=O)C(=O)N[C@H]2C(=O)N[C@H]3C(=O)N[C@H](C(=O)N[C@H](C(=O)O)c4cc(O)cc(O)c4-c4cc3ccc4O)[C@@H](O[C@H]3C[C@](C)(N)[C@H](O)[C@@H](C)O3)c3ccc(c(Cl)c3)Oc3cc2cc(c3O[C@H]2O[C@@H](CO)[C@@H](O)[C@H](O)[C@@H]2O[C@H]2C[C@](C)(N)[C@H](O)[C@@H](C)O2)Oc2ccc(cc2)[C@@H]1O)N(C)C. The Morgan fingerprint density at radius 2 is 1.27 bits per heavy atom. The number of carboxylic acids is 1. The Hall–Kier alpha value is -9.61. The van der Waals surface area contributed by atoms with Crippen molar-refractivity contribution in [3.05, 3.63) is 118 Å². The van der Waals surface area contributed by atoms with Gasteiger partial charge < -0.3 is 138 Å². The van der Waals surface area contributed by atoms with Crippen LogP contribution in [0.3, 0.4) is 0 Å². The first kappa shape index (κ1) is 82.4. The minimum absolute atomic E-state index is 0.0508. The van der Waals surface area contributed by atoms with Crippen molar-refractivity contribution in [2.45, 2.75) is 201 Å². The number of hydrogen-bond donors (Lipinski definition) is 19. The number of benzene rings is 5. The van der Waals surface area contributed by atoms with Crippen LogP contribution in [0.15, 0.2) is 84.9 Å². The molecule has 11 bridgehead atoms. The second-order valence-corrected chi connectivity index (χ2v) is 30.2. The minimum atomic E-state index is -2.34. The average molecular weight is 1570 g/mol. The van der Waals surface area contributed by atoms with Crippen molar-refractivity contribution >= 4 is 58.9 Å². The highest BCUT2D eigenvalue weighted by atomic mass is 35.5. The number of likely N-dealkylation sites (N-methyl/N-ethyl adjacent to an activating group) is 1. The second kappa shape index (κ2) is 33.0. The fourth-order valence-corrected chi connectivity index (χ4v) is 14.6. The number of aliphatic hydroxyl groups excluding tert-OH is 6. The predicted octanol–water partition coefficient (Wildman–Crippen LogP) is 0.0325. The van der Waals surface area contributed by atoms with E-state index in [-0.39, 0.29) is 53.4 Å². The molecule has 0 saturated carbocycles. The molecule has 36 nitrogen and oxygen atoms in total. The van der Waals surface area contributed by atoms with Crippen molar-refractivity contribution in [2.75, 3.05) is 20.7 Å². The first-order valence-electron chi connectivity index (χ1n) is 35.6. The van der Waals surface area contributed by atoms with Crippen LogP contribution in [0, 0.1) is 5.92 Å². The van der Waals surface area contributed by atoms with E-state index < -0.39 is 255 Å². The molecule has 0 radical (unpaired) electrons. The molecule has 0 unspecified atom stereocenters. The normalized spacial score (nSPS) is 32.1. The Bertz CT molecular complexity index is 4380. The van der Waals surface area contributed by atoms with Crippen molar-refractivity contribution in [3.8, 4) is 57.1 Å². The fourth-order valence-electron chi connectivity index (χ4n) is 14.4. The summed E-state index contributed by atoms with van der Waals surface area (Å²) in [7, 11) is 3.22. The van der Waals surface area contributed by atoms with Gasteiger partial charge in [-0.3, -0.25) is 38.5 Å². The van der Waals surface area contributed by atoms with Crippen molar-refractivity contribution < 1.29 is 127 Å². The molecule has 600 valence electrons. The number of fused-ring (bicyclic) bond motifs is 15. The summed E-state index contributed by atoms with van der Waals surface area (Å²) in [4.78, 5) is 122. The zero-order valence-corrected chi connectivity index (χ0v) is 62.1. The van der Waals surface area contributed by atoms with Gasteiger partial charge in [0.05, 0.1) is 48.5 Å². The zero-order chi connectivity index (χ0) is 80.9. The average Bonchev–Trinajstić information content (AvgIpc) is 0.773. The summed E-state index contributed by atoms with van der Waals surface area (Å²) in [5, 5.41) is 129. The number of aliphatic hydroxyl groups is 6. The second-order valence-electron chi connectivity index (χ2n) is 29.8. The fraction of sp³-hybridized carbons (Fsp3) is 0.486. The number of halogens is 1. The molecule has 22 N–H and O–H groups in total. The third-order valence-corrected chi connectivity index (χ3v) is 20.6. The van der Waals surface area contributed by atoms with Gasteiger partial charge in [-0.25, -0.2) is 4.79 Å². The van der Waals surface area contributed by atoms with Crippen LogP contribution in [0.4, 0.5) is 0 Å². The summed E-state index contributed by atoms with van der Waals surface area (Å²) in [6, 6.07) is 1.60. The summed E-state index contributed by atoms with van der Waals surface area (Å²) in [6.07, 6.45) is -22.4. The van der Waals surface area contributed by atoms with Gasteiger partial charge in [-0.05, 0) is 131 Å². The summed E-state index contributed by atoms with van der Waals surface area (Å²) < 4.78 is 51.7. The van der Waals surface area contributed by atoms with Crippen LogP contribution >= 0.6 is 11.6 Å². The van der Waals surface area contributed by atoms with Gasteiger partial charge in [0, 0.05) is 46.7 Å². The maximum absolute atomic E-state index is 16.4. The first-order valence-corrected chi connectivity index (χ1v) is 36.0. The number of hydrogen-bond acceptors (Lipinski definition) is 28. The molecule has 13 rings (SSSR count). The number of phenolic OH excluding ortho intramolecular Hbond substituents is 3. The zero-order valence-electron chi connectivity index (χ0n) is 61.3. The Morgan fingerprint density at radius 1 is 0.676 bits per heavy atom. The van der Waals surface area contributed by atoms with Gasteiger partial charge in [-0.2, -0.15) is 0 Å². The number of carboxylic acid groups (broad SMARTS) is 1. The molecule has 37 heteroatoms. The number of phenols is 3. The lowest BCUT2D eigenvalue weighted by atomic mass is 9.86. The Labute approximate surface area is 639 Å². The number of carbonyl (C=O) groups is 8. The van der Waals surface area contributed by atoms with E-state index in [1.807, 2.05) is 13.8 Å². The number of primary amides is 1. The monoisotopic (exact) mass is 1570 g/mol. The number of aromatic hydroxyl groups is 3. The number of nitrogens with one attached hydrogen (secondary N) is 6. The number of aliphatic carboxylic acids is 1. The number of nitrogens with two attached hydrogens (primary N) is 3. The Morgan fingerprint density at radius 3 is 1.86 bits per heavy atom. The molecule has 0 spiro atoms. The third kappa shape index (κ3) is 17.7. The number of nitrogens with zero attached hydrogens (tertiary/aromatic N) is 1. The van der Waals surface area contributed by atoms with E-state index in [0.717, 1.165) is 42.5 Å². The molecule has 7 amide bonds. The highest BCUT2D eigenvalue weighted by Crippen LogP contribution is 2.50. The van der Waals surface area contributed by atoms with Crippen LogP contribution < -0.4 is 63.3 Å². The van der Waals surface area contributed by atoms with Gasteiger partial charge in [0.2, 0.25) is 53.4 Å². The van der Waals surface area contributed by atoms with Crippen LogP contribution in [0.25, 0.3) is 11.1 Å². The van der Waals surface area contributed by atoms with E-state index in [1.165, 1.54) is 70.2 Å². The molecule has 3 saturated heterocycles. The van der Waals surface area contributed by atoms with Crippen LogP contribution in [0.5, 0.6) is 46.0 Å². The standard InChI is InChI=1S/C74H91ClN10O26/c1-28(2)17-41(85(7)8)66(97)83-55-57(91)31-9-13-36(14-10-31)106-45-20-34-21-46(61(45)111-72-62(59(93)58(92)47(27-86)108-72)110-50-26-74(6,78)64(95)30(4)105-50)107-44-16-12-33(19-39(44)75)60(109-49-25-73(5,77)63(94)29(3)104-49)56-70(101)82-54(71(102)103)38-22-35(87)23-43(89)51(38)37-18-32(11-15-42(37)88)52(67(98)84-56)81-68(99)53(34)80-65(96)40(24-48(76)90)79-69(55)100/h9-16,18-23,28-30,40-41,47,49-50,52-60,62-64,72,86-89,91-95H,17,24-27,77-78H2,1-8H3,(H2,76,90)(H,79,100)(H,80,96)(H,81,99)(H,82,101)(H,83,97)(H,84,98)(H,102,103)/t29-,30-,40-,41+,47+,49+,50+,52-,53-,54+,55-,56+,57+,58-,59+,60+,62+,63-,64-,72-,73+,74+/m1/s1. The Kier molecular flexibility index (Phi) is 24.5. The summed E-state index contributed by atoms with van der Waals surface area (Å²) in [5.74, 6) is -15.4. The van der Waals surface area contributed by atoms with E-state index in [9.17, 15) is 65.4 Å². The van der Waals surface area contributed by atoms with E-state index in [0.29, 0.717) is 0 Å². The molecule has 0 aromatic heterocycles. The van der Waals surface area contributed by atoms with Crippen molar-refractivity contribution in [3.63, 3.8) is 0 Å². The van der Waals surface area contributed by atoms with Gasteiger partial charge in [0.1, 0.15) is 89.5 Å². The van der Waals surface area contributed by atoms with E-state index >= 15 is 24.0 Å². The highest BCUT2D eigenvalue weighted by Gasteiger charge is 2.52. The lowest BCUT2D eigenvalue weighted by molar-refractivity contribution is -0.333. The van der Waals surface area contributed by atoms with Gasteiger partial charge in [0.25, 0.3) is 0 Å². The molecular weight excluding hydrogens is 1480 g/mol. The highest BCUT2D eigenvalue weighted by molar-refractivity contribution is 6.32. The number of carbonyl (C=O) groups excluding carboxylic acids is 7. The third-order valence-electron chi connectivity index (χ3n) is 20.3. The van der Waals surface area contributed by atoms with Crippen LogP contribution in [-0.2, 0) is 62.0 Å². The van der Waals surface area contributed by atoms with Gasteiger partial charge in [0.15, 0.2) is 36.2 Å². The summed E-state index contributed by atoms with van der Waals surface area (Å²) in [6.45, 7) is 8.69. The molecule has 0 aliphatic carbocycles. The lowest BCUT2D eigenvalue weighted by Gasteiger charge is -2.47.